The smallest absolute Gasteiger partial charge is 0.230 e. The molecule has 2 N–H and O–H groups in total. The second kappa shape index (κ2) is 8.75. The number of halogens is 4. The third kappa shape index (κ3) is 5.01. The van der Waals surface area contributed by atoms with Crippen LogP contribution in [0.2, 0.25) is 0 Å². The third-order valence-electron chi connectivity index (χ3n) is 4.46. The third-order valence-corrected chi connectivity index (χ3v) is 5.46. The number of rotatable bonds is 5. The molecule has 1 amide bonds. The van der Waals surface area contributed by atoms with Crippen molar-refractivity contribution in [2.45, 2.75) is 23.3 Å². The highest BCUT2D eigenvalue weighted by Gasteiger charge is 2.28. The Morgan fingerprint density at radius 3 is 2.44 bits per heavy atom. The van der Waals surface area contributed by atoms with Crippen molar-refractivity contribution in [3.63, 3.8) is 0 Å². The summed E-state index contributed by atoms with van der Waals surface area (Å²) in [6.45, 7) is 1.21. The molecule has 0 spiro atoms. The van der Waals surface area contributed by atoms with Gasteiger partial charge in [-0.3, -0.25) is 4.79 Å². The predicted molar refractivity (Wildman–Crippen MR) is 95.6 cm³/mol. The van der Waals surface area contributed by atoms with Crippen LogP contribution in [0.1, 0.15) is 17.9 Å². The Morgan fingerprint density at radius 1 is 1.04 bits per heavy atom. The molecule has 1 fully saturated rings. The highest BCUT2D eigenvalue weighted by atomic mass is 32.2. The van der Waals surface area contributed by atoms with E-state index in [0.717, 1.165) is 30.0 Å². The molecule has 1 saturated heterocycles. The topological polar surface area (TPSA) is 41.1 Å². The average Bonchev–Trinajstić information content (AvgIpc) is 2.65. The molecule has 0 radical (unpaired) electrons. The molecule has 0 aliphatic carbocycles. The summed E-state index contributed by atoms with van der Waals surface area (Å²) in [4.78, 5) is 12.7. The molecule has 8 heteroatoms. The van der Waals surface area contributed by atoms with Crippen molar-refractivity contribution in [1.82, 2.24) is 10.6 Å². The summed E-state index contributed by atoms with van der Waals surface area (Å²) < 4.78 is 52.9. The zero-order valence-electron chi connectivity index (χ0n) is 14.3. The Bertz CT molecular complexity index is 833. The average molecular weight is 398 g/mol. The van der Waals surface area contributed by atoms with Crippen LogP contribution in [0, 0.1) is 23.3 Å². The monoisotopic (exact) mass is 398 g/mol. The molecule has 27 heavy (non-hydrogen) atoms. The van der Waals surface area contributed by atoms with E-state index < -0.39 is 23.3 Å². The second-order valence-electron chi connectivity index (χ2n) is 6.31. The number of carbonyl (C=O) groups excluding carboxylic acids is 1. The lowest BCUT2D eigenvalue weighted by Crippen LogP contribution is -2.50. The number of piperidine rings is 1. The maximum Gasteiger partial charge on any atom is 0.230 e. The lowest BCUT2D eigenvalue weighted by Gasteiger charge is -2.33. The molecule has 0 bridgehead atoms. The van der Waals surface area contributed by atoms with Gasteiger partial charge in [-0.25, -0.2) is 17.6 Å². The normalized spacial score (nSPS) is 19.7. The van der Waals surface area contributed by atoms with Gasteiger partial charge in [-0.05, 0) is 48.9 Å². The van der Waals surface area contributed by atoms with Crippen molar-refractivity contribution in [2.24, 2.45) is 0 Å². The SMILES string of the molecule is O=C(CSc1ccc(F)c(F)c1)NC1CNCCC1c1ccc(F)c(F)c1. The number of thioether (sulfide) groups is 1. The minimum absolute atomic E-state index is 0.0338. The van der Waals surface area contributed by atoms with E-state index in [1.54, 1.807) is 0 Å². The summed E-state index contributed by atoms with van der Waals surface area (Å²) in [6, 6.07) is 6.97. The number of carbonyl (C=O) groups is 1. The van der Waals surface area contributed by atoms with E-state index in [0.29, 0.717) is 30.0 Å². The van der Waals surface area contributed by atoms with Crippen LogP contribution < -0.4 is 10.6 Å². The zero-order chi connectivity index (χ0) is 19.4. The van der Waals surface area contributed by atoms with Gasteiger partial charge in [0.25, 0.3) is 0 Å². The molecule has 2 atom stereocenters. The molecule has 2 unspecified atom stereocenters. The van der Waals surface area contributed by atoms with E-state index in [4.69, 9.17) is 0 Å². The maximum atomic E-state index is 13.6. The molecule has 144 valence electrons. The Kier molecular flexibility index (Phi) is 6.38. The number of hydrogen-bond acceptors (Lipinski definition) is 3. The minimum Gasteiger partial charge on any atom is -0.351 e. The Morgan fingerprint density at radius 2 is 1.74 bits per heavy atom. The molecule has 0 saturated carbocycles. The molecule has 1 aliphatic rings. The fraction of sp³-hybridized carbons (Fsp3) is 0.316. The van der Waals surface area contributed by atoms with E-state index >= 15 is 0 Å². The molecule has 3 rings (SSSR count). The van der Waals surface area contributed by atoms with E-state index in [-0.39, 0.29) is 23.6 Å². The predicted octanol–water partition coefficient (Wildman–Crippen LogP) is 3.60. The van der Waals surface area contributed by atoms with Gasteiger partial charge in [-0.15, -0.1) is 11.8 Å². The van der Waals surface area contributed by atoms with Crippen molar-refractivity contribution < 1.29 is 22.4 Å². The number of hydrogen-bond donors (Lipinski definition) is 2. The lowest BCUT2D eigenvalue weighted by atomic mass is 9.86. The van der Waals surface area contributed by atoms with Crippen LogP contribution in [0.3, 0.4) is 0 Å². The largest absolute Gasteiger partial charge is 0.351 e. The zero-order valence-corrected chi connectivity index (χ0v) is 15.1. The molecule has 2 aromatic carbocycles. The molecule has 1 aliphatic heterocycles. The van der Waals surface area contributed by atoms with Gasteiger partial charge in [0, 0.05) is 23.4 Å². The number of benzene rings is 2. The first-order valence-electron chi connectivity index (χ1n) is 8.47. The van der Waals surface area contributed by atoms with E-state index in [1.807, 2.05) is 0 Å². The minimum atomic E-state index is -0.963. The van der Waals surface area contributed by atoms with Crippen molar-refractivity contribution in [2.75, 3.05) is 18.8 Å². The maximum absolute atomic E-state index is 13.6. The Labute approximate surface area is 158 Å². The molecule has 0 aromatic heterocycles. The lowest BCUT2D eigenvalue weighted by molar-refractivity contribution is -0.119. The second-order valence-corrected chi connectivity index (χ2v) is 7.36. The van der Waals surface area contributed by atoms with Crippen LogP contribution in [-0.2, 0) is 4.79 Å². The van der Waals surface area contributed by atoms with Crippen LogP contribution in [-0.4, -0.2) is 30.8 Å². The summed E-state index contributed by atoms with van der Waals surface area (Å²) in [6.07, 6.45) is 0.673. The van der Waals surface area contributed by atoms with Gasteiger partial charge >= 0.3 is 0 Å². The highest BCUT2D eigenvalue weighted by molar-refractivity contribution is 8.00. The van der Waals surface area contributed by atoms with Gasteiger partial charge in [0.1, 0.15) is 0 Å². The van der Waals surface area contributed by atoms with Crippen LogP contribution in [0.15, 0.2) is 41.3 Å². The molecule has 3 nitrogen and oxygen atoms in total. The van der Waals surface area contributed by atoms with Crippen molar-refractivity contribution in [3.8, 4) is 0 Å². The van der Waals surface area contributed by atoms with Crippen LogP contribution in [0.25, 0.3) is 0 Å². The van der Waals surface area contributed by atoms with Gasteiger partial charge in [-0.2, -0.15) is 0 Å². The van der Waals surface area contributed by atoms with E-state index in [1.165, 1.54) is 18.2 Å². The highest BCUT2D eigenvalue weighted by Crippen LogP contribution is 2.27. The standard InChI is InChI=1S/C19H18F4N2OS/c20-14-3-1-11(7-16(14)22)13-5-6-24-9-18(13)25-19(26)10-27-12-2-4-15(21)17(23)8-12/h1-4,7-8,13,18,24H,5-6,9-10H2,(H,25,26). The fourth-order valence-corrected chi connectivity index (χ4v) is 3.85. The molecular formula is C19H18F4N2OS. The summed E-state index contributed by atoms with van der Waals surface area (Å²) in [5, 5.41) is 6.06. The quantitative estimate of drug-likeness (QED) is 0.597. The Balaban J connectivity index is 1.62. The van der Waals surface area contributed by atoms with Crippen molar-refractivity contribution in [1.29, 1.82) is 0 Å². The molecule has 2 aromatic rings. The van der Waals surface area contributed by atoms with E-state index in [2.05, 4.69) is 10.6 Å². The summed E-state index contributed by atoms with van der Waals surface area (Å²) in [5.41, 5.74) is 0.633. The van der Waals surface area contributed by atoms with Gasteiger partial charge in [0.2, 0.25) is 5.91 Å². The fourth-order valence-electron chi connectivity index (χ4n) is 3.12. The summed E-state index contributed by atoms with van der Waals surface area (Å²) >= 11 is 1.09. The first-order chi connectivity index (χ1) is 12.9. The van der Waals surface area contributed by atoms with Gasteiger partial charge < -0.3 is 10.6 Å². The summed E-state index contributed by atoms with van der Waals surface area (Å²) in [7, 11) is 0. The first-order valence-corrected chi connectivity index (χ1v) is 9.45. The first kappa shape index (κ1) is 19.7. The van der Waals surface area contributed by atoms with Crippen LogP contribution in [0.4, 0.5) is 17.6 Å². The van der Waals surface area contributed by atoms with E-state index in [9.17, 15) is 22.4 Å². The van der Waals surface area contributed by atoms with Gasteiger partial charge in [-0.1, -0.05) is 6.07 Å². The number of amides is 1. The van der Waals surface area contributed by atoms with Crippen LogP contribution >= 0.6 is 11.8 Å². The Hall–Kier alpha value is -2.06. The van der Waals surface area contributed by atoms with Crippen molar-refractivity contribution >= 4 is 17.7 Å². The van der Waals surface area contributed by atoms with Crippen molar-refractivity contribution in [3.05, 3.63) is 65.2 Å². The molecular weight excluding hydrogens is 380 g/mol. The van der Waals surface area contributed by atoms with Gasteiger partial charge in [0.15, 0.2) is 23.3 Å². The van der Waals surface area contributed by atoms with Gasteiger partial charge in [0.05, 0.1) is 5.75 Å². The van der Waals surface area contributed by atoms with Crippen LogP contribution in [0.5, 0.6) is 0 Å². The number of nitrogens with one attached hydrogen (secondary N) is 2. The molecule has 1 heterocycles. The summed E-state index contributed by atoms with van der Waals surface area (Å²) in [5.74, 6) is -4.10.